The van der Waals surface area contributed by atoms with Crippen LogP contribution in [0.25, 0.3) is 0 Å². The Bertz CT molecular complexity index is 783. The monoisotopic (exact) mass is 528 g/mol. The zero-order valence-electron chi connectivity index (χ0n) is 20.1. The van der Waals surface area contributed by atoms with E-state index in [1.165, 1.54) is 20.0 Å². The summed E-state index contributed by atoms with van der Waals surface area (Å²) in [5, 5.41) is 0. The van der Waals surface area contributed by atoms with Gasteiger partial charge in [0.1, 0.15) is 11.5 Å². The quantitative estimate of drug-likeness (QED) is 0.374. The van der Waals surface area contributed by atoms with E-state index in [9.17, 15) is 9.59 Å². The van der Waals surface area contributed by atoms with Crippen LogP contribution in [-0.4, -0.2) is 54.3 Å². The summed E-state index contributed by atoms with van der Waals surface area (Å²) in [6, 6.07) is 0. The Morgan fingerprint density at radius 2 is 1.67 bits per heavy atom. The molecule has 0 aromatic rings. The van der Waals surface area contributed by atoms with Crippen molar-refractivity contribution in [2.24, 2.45) is 29.1 Å². The molecule has 7 nitrogen and oxygen atoms in total. The summed E-state index contributed by atoms with van der Waals surface area (Å²) >= 11 is 3.60. The molecular weight excluding hydrogens is 492 g/mol. The SMILES string of the molecule is CO[C@@H]1OC(=O)[C@]2(Br)[C@H]1[C@@]21C(=O)O[C@@H](O[C@@H]2C[C@H](C)CC[C@H]2C(C)C)[C@@H]1OC1CCCCC1. The molecule has 1 spiro atoms. The highest BCUT2D eigenvalue weighted by atomic mass is 79.9. The Labute approximate surface area is 204 Å². The number of ether oxygens (including phenoxy) is 5. The maximum absolute atomic E-state index is 13.5. The van der Waals surface area contributed by atoms with Crippen molar-refractivity contribution in [3.8, 4) is 0 Å². The molecule has 0 bridgehead atoms. The number of alkyl halides is 1. The van der Waals surface area contributed by atoms with Gasteiger partial charge in [-0.15, -0.1) is 0 Å². The van der Waals surface area contributed by atoms with E-state index in [0.717, 1.165) is 38.5 Å². The van der Waals surface area contributed by atoms with Crippen molar-refractivity contribution < 1.29 is 33.3 Å². The van der Waals surface area contributed by atoms with Crippen LogP contribution >= 0.6 is 15.9 Å². The Hall–Kier alpha value is -0.700. The molecule has 5 rings (SSSR count). The van der Waals surface area contributed by atoms with Crippen molar-refractivity contribution in [2.45, 2.75) is 107 Å². The Morgan fingerprint density at radius 3 is 2.33 bits per heavy atom. The van der Waals surface area contributed by atoms with Gasteiger partial charge in [0.25, 0.3) is 0 Å². The molecule has 8 heteroatoms. The summed E-state index contributed by atoms with van der Waals surface area (Å²) in [4.78, 5) is 26.4. The van der Waals surface area contributed by atoms with E-state index in [2.05, 4.69) is 36.7 Å². The average Bonchev–Trinajstić information content (AvgIpc) is 3.12. The highest BCUT2D eigenvalue weighted by Crippen LogP contribution is 2.78. The molecule has 3 aliphatic carbocycles. The molecule has 186 valence electrons. The van der Waals surface area contributed by atoms with Crippen molar-refractivity contribution in [2.75, 3.05) is 7.11 Å². The summed E-state index contributed by atoms with van der Waals surface area (Å²) in [5.74, 6) is 0.00856. The highest BCUT2D eigenvalue weighted by molar-refractivity contribution is 9.10. The minimum atomic E-state index is -1.19. The predicted octanol–water partition coefficient (Wildman–Crippen LogP) is 4.34. The standard InChI is InChI=1S/C25H37BrO7/c1-13(2)16-11-10-14(3)12-17(16)31-21-19(30-15-8-6-5-7-9-15)24(22(27)33-21)18-20(29-4)32-23(28)25(18,24)26/h13-21H,5-12H2,1-4H3/t14-,16+,17-,18-,19+,20-,21-,24-,25-/m1/s1. The van der Waals surface area contributed by atoms with Crippen LogP contribution in [0.1, 0.15) is 72.1 Å². The summed E-state index contributed by atoms with van der Waals surface area (Å²) in [6.07, 6.45) is 6.23. The molecule has 2 aliphatic heterocycles. The Balaban J connectivity index is 1.45. The first-order valence-electron chi connectivity index (χ1n) is 12.7. The van der Waals surface area contributed by atoms with Gasteiger partial charge in [0, 0.05) is 7.11 Å². The maximum Gasteiger partial charge on any atom is 0.327 e. The van der Waals surface area contributed by atoms with Gasteiger partial charge in [-0.1, -0.05) is 62.4 Å². The number of methoxy groups -OCH3 is 1. The molecule has 5 fully saturated rings. The minimum absolute atomic E-state index is 0.00537. The zero-order chi connectivity index (χ0) is 23.5. The van der Waals surface area contributed by atoms with E-state index in [1.54, 1.807) is 0 Å². The van der Waals surface area contributed by atoms with Crippen LogP contribution in [0.5, 0.6) is 0 Å². The third-order valence-electron chi connectivity index (χ3n) is 8.88. The van der Waals surface area contributed by atoms with E-state index in [1.807, 2.05) is 0 Å². The lowest BCUT2D eigenvalue weighted by Crippen LogP contribution is -2.46. The number of hydrogen-bond donors (Lipinski definition) is 0. The molecule has 0 aromatic heterocycles. The number of fused-ring (bicyclic) bond motifs is 3. The second-order valence-corrected chi connectivity index (χ2v) is 12.4. The van der Waals surface area contributed by atoms with Crippen LogP contribution in [0.2, 0.25) is 0 Å². The number of carbonyl (C=O) groups excluding carboxylic acids is 2. The van der Waals surface area contributed by atoms with E-state index in [0.29, 0.717) is 17.8 Å². The van der Waals surface area contributed by atoms with E-state index < -0.39 is 46.3 Å². The van der Waals surface area contributed by atoms with Gasteiger partial charge < -0.3 is 23.7 Å². The van der Waals surface area contributed by atoms with Gasteiger partial charge in [-0.2, -0.15) is 0 Å². The van der Waals surface area contributed by atoms with Crippen LogP contribution < -0.4 is 0 Å². The van der Waals surface area contributed by atoms with Gasteiger partial charge in [0.2, 0.25) is 12.6 Å². The van der Waals surface area contributed by atoms with Gasteiger partial charge in [0.15, 0.2) is 4.32 Å². The van der Waals surface area contributed by atoms with Crippen molar-refractivity contribution in [1.29, 1.82) is 0 Å². The first-order chi connectivity index (χ1) is 15.7. The van der Waals surface area contributed by atoms with Gasteiger partial charge in [-0.05, 0) is 43.4 Å². The maximum atomic E-state index is 13.5. The van der Waals surface area contributed by atoms with Gasteiger partial charge in [-0.25, -0.2) is 0 Å². The average molecular weight is 529 g/mol. The van der Waals surface area contributed by atoms with Crippen LogP contribution in [0.3, 0.4) is 0 Å². The topological polar surface area (TPSA) is 80.3 Å². The summed E-state index contributed by atoms with van der Waals surface area (Å²) in [6.45, 7) is 6.71. The number of cyclic esters (lactones) is 2. The highest BCUT2D eigenvalue weighted by Gasteiger charge is 2.96. The lowest BCUT2D eigenvalue weighted by atomic mass is 9.75. The summed E-state index contributed by atoms with van der Waals surface area (Å²) in [7, 11) is 1.49. The van der Waals surface area contributed by atoms with Crippen molar-refractivity contribution in [1.82, 2.24) is 0 Å². The number of halogens is 1. The molecule has 9 atom stereocenters. The number of rotatable bonds is 6. The zero-order valence-corrected chi connectivity index (χ0v) is 21.7. The molecule has 5 aliphatic rings. The number of hydrogen-bond acceptors (Lipinski definition) is 7. The van der Waals surface area contributed by atoms with Gasteiger partial charge in [0.05, 0.1) is 18.1 Å². The molecule has 2 saturated heterocycles. The molecule has 33 heavy (non-hydrogen) atoms. The fourth-order valence-electron chi connectivity index (χ4n) is 7.01. The van der Waals surface area contributed by atoms with E-state index in [4.69, 9.17) is 23.7 Å². The first-order valence-corrected chi connectivity index (χ1v) is 13.5. The summed E-state index contributed by atoms with van der Waals surface area (Å²) < 4.78 is 28.8. The largest absolute Gasteiger partial charge is 0.434 e. The molecule has 0 N–H and O–H groups in total. The second kappa shape index (κ2) is 8.75. The Kier molecular flexibility index (Phi) is 6.37. The molecule has 3 saturated carbocycles. The minimum Gasteiger partial charge on any atom is -0.434 e. The first kappa shape index (κ1) is 24.0. The third-order valence-corrected chi connectivity index (χ3v) is 10.4. The molecule has 0 amide bonds. The lowest BCUT2D eigenvalue weighted by molar-refractivity contribution is -0.224. The van der Waals surface area contributed by atoms with Crippen LogP contribution in [-0.2, 0) is 33.3 Å². The molecular formula is C25H37BrO7. The Morgan fingerprint density at radius 1 is 0.970 bits per heavy atom. The van der Waals surface area contributed by atoms with Crippen LogP contribution in [0.15, 0.2) is 0 Å². The fourth-order valence-corrected chi connectivity index (χ4v) is 8.20. The second-order valence-electron chi connectivity index (χ2n) is 11.2. The van der Waals surface area contributed by atoms with Gasteiger partial charge >= 0.3 is 11.9 Å². The normalized spacial score (nSPS) is 47.6. The number of carbonyl (C=O) groups is 2. The molecule has 0 aromatic carbocycles. The van der Waals surface area contributed by atoms with Crippen molar-refractivity contribution in [3.63, 3.8) is 0 Å². The molecule has 2 heterocycles. The fraction of sp³-hybridized carbons (Fsp3) is 0.920. The van der Waals surface area contributed by atoms with E-state index in [-0.39, 0.29) is 12.2 Å². The number of esters is 2. The third kappa shape index (κ3) is 3.53. The lowest BCUT2D eigenvalue weighted by Gasteiger charge is -2.39. The van der Waals surface area contributed by atoms with Crippen LogP contribution in [0.4, 0.5) is 0 Å². The summed E-state index contributed by atoms with van der Waals surface area (Å²) in [5.41, 5.74) is -1.18. The van der Waals surface area contributed by atoms with Gasteiger partial charge in [-0.3, -0.25) is 9.59 Å². The predicted molar refractivity (Wildman–Crippen MR) is 122 cm³/mol. The molecule has 0 radical (unpaired) electrons. The van der Waals surface area contributed by atoms with Crippen molar-refractivity contribution >= 4 is 27.9 Å². The van der Waals surface area contributed by atoms with Crippen molar-refractivity contribution in [3.05, 3.63) is 0 Å². The molecule has 0 unspecified atom stereocenters. The van der Waals surface area contributed by atoms with Crippen LogP contribution in [0, 0.1) is 29.1 Å². The van der Waals surface area contributed by atoms with E-state index >= 15 is 0 Å². The smallest absolute Gasteiger partial charge is 0.327 e.